The molecule has 2 heteroatoms. The molecule has 0 aliphatic rings. The van der Waals surface area contributed by atoms with Crippen LogP contribution in [0.3, 0.4) is 0 Å². The van der Waals surface area contributed by atoms with E-state index in [2.05, 4.69) is 38.3 Å². The van der Waals surface area contributed by atoms with Crippen LogP contribution >= 0.6 is 0 Å². The summed E-state index contributed by atoms with van der Waals surface area (Å²) in [6, 6.07) is 0.608. The lowest BCUT2D eigenvalue weighted by molar-refractivity contribution is 0.513. The normalized spacial score (nSPS) is 11.5. The van der Waals surface area contributed by atoms with E-state index in [4.69, 9.17) is 0 Å². The van der Waals surface area contributed by atoms with Crippen molar-refractivity contribution < 1.29 is 2.85 Å². The highest BCUT2D eigenvalue weighted by Gasteiger charge is 1.93. The molecule has 0 aliphatic heterocycles. The van der Waals surface area contributed by atoms with Crippen LogP contribution < -0.4 is 10.6 Å². The highest BCUT2D eigenvalue weighted by atomic mass is 14.9. The van der Waals surface area contributed by atoms with Crippen LogP contribution in [0.2, 0.25) is 0 Å². The zero-order valence-corrected chi connectivity index (χ0v) is 8.98. The van der Waals surface area contributed by atoms with Crippen molar-refractivity contribution in [3.63, 3.8) is 0 Å². The molecule has 0 spiro atoms. The molecule has 0 heterocycles. The van der Waals surface area contributed by atoms with Gasteiger partial charge in [0.15, 0.2) is 0 Å². The first-order valence-electron chi connectivity index (χ1n) is 5.07. The van der Waals surface area contributed by atoms with Crippen molar-refractivity contribution in [2.45, 2.75) is 40.2 Å². The number of nitrogens with one attached hydrogen (secondary N) is 2. The van der Waals surface area contributed by atoms with Gasteiger partial charge in [-0.3, -0.25) is 0 Å². The van der Waals surface area contributed by atoms with Crippen molar-refractivity contribution >= 4 is 0 Å². The third-order valence-corrected chi connectivity index (χ3v) is 1.75. The standard InChI is InChI=1S/C10H24N2.2H2/c1-9(2)5-6-11-7-8-12-10(3)4;;/h9-12H,5-8H2,1-4H3;2*1H. The van der Waals surface area contributed by atoms with E-state index in [1.54, 1.807) is 0 Å². The summed E-state index contributed by atoms with van der Waals surface area (Å²) in [6.07, 6.45) is 1.28. The second-order valence-corrected chi connectivity index (χ2v) is 4.04. The molecule has 0 amide bonds. The summed E-state index contributed by atoms with van der Waals surface area (Å²) in [6.45, 7) is 12.2. The molecule has 0 saturated heterocycles. The summed E-state index contributed by atoms with van der Waals surface area (Å²) in [5.74, 6) is 0.815. The monoisotopic (exact) mass is 176 g/mol. The summed E-state index contributed by atoms with van der Waals surface area (Å²) < 4.78 is 0. The van der Waals surface area contributed by atoms with E-state index < -0.39 is 0 Å². The van der Waals surface area contributed by atoms with Gasteiger partial charge in [-0.1, -0.05) is 27.7 Å². The van der Waals surface area contributed by atoms with Crippen molar-refractivity contribution in [3.05, 3.63) is 0 Å². The van der Waals surface area contributed by atoms with Crippen LogP contribution in [0.25, 0.3) is 0 Å². The molecule has 0 bridgehead atoms. The van der Waals surface area contributed by atoms with Gasteiger partial charge < -0.3 is 10.6 Å². The summed E-state index contributed by atoms with van der Waals surface area (Å²) in [7, 11) is 0. The van der Waals surface area contributed by atoms with Crippen LogP contribution in [0, 0.1) is 5.92 Å². The van der Waals surface area contributed by atoms with E-state index in [1.807, 2.05) is 0 Å². The lowest BCUT2D eigenvalue weighted by Crippen LogP contribution is -2.32. The first kappa shape index (κ1) is 11.9. The van der Waals surface area contributed by atoms with Crippen molar-refractivity contribution in [2.75, 3.05) is 19.6 Å². The fourth-order valence-electron chi connectivity index (χ4n) is 0.965. The van der Waals surface area contributed by atoms with Gasteiger partial charge in [0.05, 0.1) is 0 Å². The van der Waals surface area contributed by atoms with Crippen LogP contribution in [0.15, 0.2) is 0 Å². The van der Waals surface area contributed by atoms with Gasteiger partial charge in [0.2, 0.25) is 0 Å². The Bertz CT molecular complexity index is 86.1. The molecule has 0 aromatic carbocycles. The molecule has 0 aromatic heterocycles. The number of rotatable bonds is 7. The Labute approximate surface area is 80.1 Å². The molecule has 0 rings (SSSR count). The highest BCUT2D eigenvalue weighted by molar-refractivity contribution is 4.56. The minimum atomic E-state index is 0. The predicted octanol–water partition coefficient (Wildman–Crippen LogP) is 2.11. The average Bonchev–Trinajstić information content (AvgIpc) is 1.95. The third kappa shape index (κ3) is 9.92. The lowest BCUT2D eigenvalue weighted by atomic mass is 10.1. The quantitative estimate of drug-likeness (QED) is 0.581. The van der Waals surface area contributed by atoms with Gasteiger partial charge in [0.25, 0.3) is 0 Å². The fourth-order valence-corrected chi connectivity index (χ4v) is 0.965. The van der Waals surface area contributed by atoms with E-state index in [0.29, 0.717) is 6.04 Å². The van der Waals surface area contributed by atoms with Gasteiger partial charge in [-0.05, 0) is 18.9 Å². The van der Waals surface area contributed by atoms with Gasteiger partial charge in [-0.2, -0.15) is 0 Å². The topological polar surface area (TPSA) is 24.1 Å². The number of hydrogen-bond acceptors (Lipinski definition) is 2. The lowest BCUT2D eigenvalue weighted by Gasteiger charge is -2.09. The maximum Gasteiger partial charge on any atom is 0.00790 e. The van der Waals surface area contributed by atoms with Crippen LogP contribution in [0.5, 0.6) is 0 Å². The summed E-state index contributed by atoms with van der Waals surface area (Å²) >= 11 is 0. The summed E-state index contributed by atoms with van der Waals surface area (Å²) in [5.41, 5.74) is 0. The van der Waals surface area contributed by atoms with E-state index in [-0.39, 0.29) is 2.85 Å². The SMILES string of the molecule is CC(C)CCNCCNC(C)C.[HH].[HH]. The first-order chi connectivity index (χ1) is 5.63. The molecule has 2 N–H and O–H groups in total. The second-order valence-electron chi connectivity index (χ2n) is 4.04. The highest BCUT2D eigenvalue weighted by Crippen LogP contribution is 1.95. The molecular formula is C10H28N2. The van der Waals surface area contributed by atoms with Gasteiger partial charge in [-0.25, -0.2) is 0 Å². The molecule has 0 radical (unpaired) electrons. The smallest absolute Gasteiger partial charge is 0.00790 e. The van der Waals surface area contributed by atoms with Crippen molar-refractivity contribution in [1.29, 1.82) is 0 Å². The average molecular weight is 176 g/mol. The predicted molar refractivity (Wildman–Crippen MR) is 59.7 cm³/mol. The minimum absolute atomic E-state index is 0. The Balaban J connectivity index is -0.000000605. The Morgan fingerprint density at radius 1 is 1.00 bits per heavy atom. The van der Waals surface area contributed by atoms with Crippen molar-refractivity contribution in [2.24, 2.45) is 5.92 Å². The molecule has 0 saturated carbocycles. The zero-order chi connectivity index (χ0) is 9.40. The largest absolute Gasteiger partial charge is 0.315 e. The summed E-state index contributed by atoms with van der Waals surface area (Å²) in [5, 5.41) is 6.78. The van der Waals surface area contributed by atoms with Crippen molar-refractivity contribution in [3.8, 4) is 0 Å². The molecule has 78 valence electrons. The number of hydrogen-bond donors (Lipinski definition) is 2. The molecule has 12 heavy (non-hydrogen) atoms. The Morgan fingerprint density at radius 3 is 2.17 bits per heavy atom. The minimum Gasteiger partial charge on any atom is -0.315 e. The molecule has 0 fully saturated rings. The molecule has 0 atom stereocenters. The maximum absolute atomic E-state index is 3.41. The van der Waals surface area contributed by atoms with Crippen LogP contribution in [-0.2, 0) is 0 Å². The Morgan fingerprint density at radius 2 is 1.67 bits per heavy atom. The van der Waals surface area contributed by atoms with Crippen molar-refractivity contribution in [1.82, 2.24) is 10.6 Å². The van der Waals surface area contributed by atoms with E-state index in [1.165, 1.54) is 6.42 Å². The maximum atomic E-state index is 3.41. The molecule has 0 unspecified atom stereocenters. The Hall–Kier alpha value is -0.0800. The van der Waals surface area contributed by atoms with Crippen LogP contribution in [-0.4, -0.2) is 25.7 Å². The van der Waals surface area contributed by atoms with Gasteiger partial charge in [-0.15, -0.1) is 0 Å². The second kappa shape index (κ2) is 7.56. The van der Waals surface area contributed by atoms with Crippen LogP contribution in [0.4, 0.5) is 0 Å². The Kier molecular flexibility index (Phi) is 7.51. The van der Waals surface area contributed by atoms with E-state index in [0.717, 1.165) is 25.6 Å². The van der Waals surface area contributed by atoms with Crippen LogP contribution in [0.1, 0.15) is 37.0 Å². The third-order valence-electron chi connectivity index (χ3n) is 1.75. The molecule has 2 nitrogen and oxygen atoms in total. The fraction of sp³-hybridized carbons (Fsp3) is 1.00. The van der Waals surface area contributed by atoms with Gasteiger partial charge in [0.1, 0.15) is 0 Å². The first-order valence-corrected chi connectivity index (χ1v) is 5.07. The molecular weight excluding hydrogens is 148 g/mol. The van der Waals surface area contributed by atoms with E-state index >= 15 is 0 Å². The van der Waals surface area contributed by atoms with E-state index in [9.17, 15) is 0 Å². The van der Waals surface area contributed by atoms with Gasteiger partial charge >= 0.3 is 0 Å². The summed E-state index contributed by atoms with van der Waals surface area (Å²) in [4.78, 5) is 0. The van der Waals surface area contributed by atoms with Gasteiger partial charge in [0, 0.05) is 22.0 Å². The molecule has 0 aliphatic carbocycles. The zero-order valence-electron chi connectivity index (χ0n) is 8.98. The molecule has 0 aromatic rings.